The molecule has 0 aliphatic rings. The van der Waals surface area contributed by atoms with E-state index in [1.54, 1.807) is 24.3 Å². The van der Waals surface area contributed by atoms with Crippen LogP contribution in [0.5, 0.6) is 0 Å². The average molecular weight is 177 g/mol. The van der Waals surface area contributed by atoms with E-state index < -0.39 is 11.8 Å². The van der Waals surface area contributed by atoms with Gasteiger partial charge in [0.25, 0.3) is 0 Å². The number of rotatable bonds is 3. The van der Waals surface area contributed by atoms with E-state index in [1.807, 2.05) is 6.07 Å². The molecular formula is C10H11NO2. The highest BCUT2D eigenvalue weighted by atomic mass is 16.2. The van der Waals surface area contributed by atoms with E-state index in [-0.39, 0.29) is 5.78 Å². The predicted molar refractivity (Wildman–Crippen MR) is 49.1 cm³/mol. The minimum absolute atomic E-state index is 0.223. The summed E-state index contributed by atoms with van der Waals surface area (Å²) in [4.78, 5) is 22.0. The van der Waals surface area contributed by atoms with Crippen molar-refractivity contribution in [3.63, 3.8) is 0 Å². The van der Waals surface area contributed by atoms with Crippen molar-refractivity contribution in [2.75, 3.05) is 0 Å². The van der Waals surface area contributed by atoms with Crippen LogP contribution in [0.4, 0.5) is 0 Å². The summed E-state index contributed by atoms with van der Waals surface area (Å²) in [5.74, 6) is -1.63. The number of carbonyl (C=O) groups is 2. The summed E-state index contributed by atoms with van der Waals surface area (Å²) in [6.45, 7) is 1.36. The van der Waals surface area contributed by atoms with Gasteiger partial charge in [-0.15, -0.1) is 0 Å². The van der Waals surface area contributed by atoms with Gasteiger partial charge in [0.05, 0.1) is 0 Å². The van der Waals surface area contributed by atoms with Gasteiger partial charge in [0.1, 0.15) is 11.7 Å². The Labute approximate surface area is 76.6 Å². The fraction of sp³-hybridized carbons (Fsp3) is 0.200. The average Bonchev–Trinajstić information content (AvgIpc) is 2.04. The molecular weight excluding hydrogens is 166 g/mol. The SMILES string of the molecule is CC(=O)[C@@H](C(N)=O)c1ccccc1. The van der Waals surface area contributed by atoms with E-state index in [4.69, 9.17) is 5.73 Å². The third-order valence-corrected chi connectivity index (χ3v) is 1.82. The van der Waals surface area contributed by atoms with Gasteiger partial charge < -0.3 is 5.73 Å². The number of hydrogen-bond donors (Lipinski definition) is 1. The van der Waals surface area contributed by atoms with Crippen molar-refractivity contribution in [1.82, 2.24) is 0 Å². The lowest BCUT2D eigenvalue weighted by atomic mass is 9.95. The molecule has 0 fully saturated rings. The first kappa shape index (κ1) is 9.45. The summed E-state index contributed by atoms with van der Waals surface area (Å²) in [5, 5.41) is 0. The van der Waals surface area contributed by atoms with Crippen LogP contribution in [0.25, 0.3) is 0 Å². The van der Waals surface area contributed by atoms with E-state index in [1.165, 1.54) is 6.92 Å². The predicted octanol–water partition coefficient (Wildman–Crippen LogP) is 0.844. The zero-order valence-electron chi connectivity index (χ0n) is 7.36. The van der Waals surface area contributed by atoms with Gasteiger partial charge in [0.2, 0.25) is 5.91 Å². The quantitative estimate of drug-likeness (QED) is 0.695. The molecule has 0 aromatic heterocycles. The van der Waals surface area contributed by atoms with Crippen molar-refractivity contribution in [1.29, 1.82) is 0 Å². The molecule has 13 heavy (non-hydrogen) atoms. The molecule has 0 aliphatic heterocycles. The van der Waals surface area contributed by atoms with Crippen LogP contribution in [0, 0.1) is 0 Å². The highest BCUT2D eigenvalue weighted by molar-refractivity contribution is 6.04. The first-order valence-electron chi connectivity index (χ1n) is 3.97. The summed E-state index contributed by atoms with van der Waals surface area (Å²) < 4.78 is 0. The van der Waals surface area contributed by atoms with Crippen LogP contribution in [0.3, 0.4) is 0 Å². The third kappa shape index (κ3) is 2.15. The molecule has 2 N–H and O–H groups in total. The number of benzene rings is 1. The molecule has 0 radical (unpaired) electrons. The Balaban J connectivity index is 3.03. The lowest BCUT2D eigenvalue weighted by Crippen LogP contribution is -2.26. The molecule has 1 aromatic carbocycles. The van der Waals surface area contributed by atoms with E-state index in [0.717, 1.165) is 0 Å². The molecule has 0 heterocycles. The molecule has 1 atom stereocenters. The van der Waals surface area contributed by atoms with Gasteiger partial charge >= 0.3 is 0 Å². The first-order chi connectivity index (χ1) is 6.13. The van der Waals surface area contributed by atoms with Crippen LogP contribution in [0.2, 0.25) is 0 Å². The second-order valence-corrected chi connectivity index (χ2v) is 2.86. The van der Waals surface area contributed by atoms with Crippen LogP contribution in [-0.4, -0.2) is 11.7 Å². The van der Waals surface area contributed by atoms with E-state index >= 15 is 0 Å². The van der Waals surface area contributed by atoms with Crippen molar-refractivity contribution in [3.8, 4) is 0 Å². The summed E-state index contributed by atoms with van der Waals surface area (Å²) in [6.07, 6.45) is 0. The van der Waals surface area contributed by atoms with Crippen molar-refractivity contribution in [2.45, 2.75) is 12.8 Å². The van der Waals surface area contributed by atoms with Gasteiger partial charge in [-0.25, -0.2) is 0 Å². The number of ketones is 1. The lowest BCUT2D eigenvalue weighted by molar-refractivity contribution is -0.127. The summed E-state index contributed by atoms with van der Waals surface area (Å²) >= 11 is 0. The van der Waals surface area contributed by atoms with Gasteiger partial charge in [-0.1, -0.05) is 30.3 Å². The summed E-state index contributed by atoms with van der Waals surface area (Å²) in [7, 11) is 0. The number of nitrogens with two attached hydrogens (primary N) is 1. The first-order valence-corrected chi connectivity index (χ1v) is 3.97. The maximum absolute atomic E-state index is 11.1. The monoisotopic (exact) mass is 177 g/mol. The lowest BCUT2D eigenvalue weighted by Gasteiger charge is -2.08. The summed E-state index contributed by atoms with van der Waals surface area (Å²) in [5.41, 5.74) is 5.76. The molecule has 3 nitrogen and oxygen atoms in total. The molecule has 1 aromatic rings. The van der Waals surface area contributed by atoms with Crippen LogP contribution < -0.4 is 5.73 Å². The van der Waals surface area contributed by atoms with Crippen molar-refractivity contribution in [3.05, 3.63) is 35.9 Å². The molecule has 0 bridgehead atoms. The molecule has 0 saturated heterocycles. The van der Waals surface area contributed by atoms with Crippen LogP contribution in [0.15, 0.2) is 30.3 Å². The second-order valence-electron chi connectivity index (χ2n) is 2.86. The van der Waals surface area contributed by atoms with Gasteiger partial charge in [-0.3, -0.25) is 9.59 Å². The fourth-order valence-electron chi connectivity index (χ4n) is 1.24. The number of amides is 1. The Morgan fingerprint density at radius 2 is 1.77 bits per heavy atom. The largest absolute Gasteiger partial charge is 0.369 e. The fourth-order valence-corrected chi connectivity index (χ4v) is 1.24. The van der Waals surface area contributed by atoms with Crippen LogP contribution in [-0.2, 0) is 9.59 Å². The third-order valence-electron chi connectivity index (χ3n) is 1.82. The van der Waals surface area contributed by atoms with Gasteiger partial charge in [0.15, 0.2) is 0 Å². The number of Topliss-reactive ketones (excluding diaryl/α,β-unsaturated/α-hetero) is 1. The van der Waals surface area contributed by atoms with E-state index in [9.17, 15) is 9.59 Å². The minimum Gasteiger partial charge on any atom is -0.369 e. The zero-order valence-corrected chi connectivity index (χ0v) is 7.36. The Bertz CT molecular complexity index is 305. The number of primary amides is 1. The molecule has 0 unspecified atom stereocenters. The van der Waals surface area contributed by atoms with E-state index in [0.29, 0.717) is 5.56 Å². The minimum atomic E-state index is -0.804. The smallest absolute Gasteiger partial charge is 0.232 e. The Morgan fingerprint density at radius 3 is 2.15 bits per heavy atom. The van der Waals surface area contributed by atoms with Gasteiger partial charge in [-0.2, -0.15) is 0 Å². The number of carbonyl (C=O) groups excluding carboxylic acids is 2. The maximum Gasteiger partial charge on any atom is 0.232 e. The maximum atomic E-state index is 11.1. The molecule has 0 saturated carbocycles. The van der Waals surface area contributed by atoms with E-state index in [2.05, 4.69) is 0 Å². The molecule has 3 heteroatoms. The molecule has 1 rings (SSSR count). The Morgan fingerprint density at radius 1 is 1.23 bits per heavy atom. The van der Waals surface area contributed by atoms with Gasteiger partial charge in [-0.05, 0) is 12.5 Å². The standard InChI is InChI=1S/C10H11NO2/c1-7(12)9(10(11)13)8-5-3-2-4-6-8/h2-6,9H,1H3,(H2,11,13)/t9-/m1/s1. The van der Waals surface area contributed by atoms with Crippen molar-refractivity contribution in [2.24, 2.45) is 5.73 Å². The molecule has 0 aliphatic carbocycles. The summed E-state index contributed by atoms with van der Waals surface area (Å²) in [6, 6.07) is 8.80. The van der Waals surface area contributed by atoms with Crippen LogP contribution >= 0.6 is 0 Å². The number of hydrogen-bond acceptors (Lipinski definition) is 2. The van der Waals surface area contributed by atoms with Gasteiger partial charge in [0, 0.05) is 0 Å². The van der Waals surface area contributed by atoms with Crippen LogP contribution in [0.1, 0.15) is 18.4 Å². The Kier molecular flexibility index (Phi) is 2.80. The van der Waals surface area contributed by atoms with Crippen molar-refractivity contribution < 1.29 is 9.59 Å². The molecule has 68 valence electrons. The second kappa shape index (κ2) is 3.85. The zero-order chi connectivity index (χ0) is 9.84. The Hall–Kier alpha value is -1.64. The molecule has 0 spiro atoms. The molecule has 1 amide bonds. The highest BCUT2D eigenvalue weighted by Crippen LogP contribution is 2.15. The normalized spacial score (nSPS) is 12.1. The van der Waals surface area contributed by atoms with Crippen molar-refractivity contribution >= 4 is 11.7 Å². The topological polar surface area (TPSA) is 60.2 Å². The highest BCUT2D eigenvalue weighted by Gasteiger charge is 2.21.